The first kappa shape index (κ1) is 28.9. The number of guanidine groups is 1. The van der Waals surface area contributed by atoms with E-state index in [-0.39, 0.29) is 29.7 Å². The van der Waals surface area contributed by atoms with Crippen LogP contribution in [-0.2, 0) is 4.79 Å². The van der Waals surface area contributed by atoms with Crippen LogP contribution in [0.15, 0.2) is 91.0 Å². The Hall–Kier alpha value is -4.63. The van der Waals surface area contributed by atoms with Gasteiger partial charge in [-0.2, -0.15) is 0 Å². The standard InChI is InChI=1S/C33H39N7O2/c34-33(35)36-18-9-16-29-32(42)40(22-27(23-10-3-1-4-11-23)24-12-5-2-6-13-24)19-17-26(38-29)21-37-31(41)30-20-25-14-7-8-15-28(25)39-30/h1-8,10-15,20,26-27,29,38-39H,9,16-19,21-22H2,(H,37,41)(H4,34,35,36)/t26-,29-/m0/s1. The zero-order chi connectivity index (χ0) is 29.3. The molecule has 2 heterocycles. The van der Waals surface area contributed by atoms with Crippen molar-refractivity contribution in [1.29, 1.82) is 5.41 Å². The fourth-order valence-electron chi connectivity index (χ4n) is 5.66. The molecule has 9 nitrogen and oxygen atoms in total. The van der Waals surface area contributed by atoms with Crippen LogP contribution in [0.1, 0.15) is 46.8 Å². The molecular formula is C33H39N7O2. The second kappa shape index (κ2) is 13.8. The number of carbonyl (C=O) groups is 2. The minimum atomic E-state index is -0.413. The van der Waals surface area contributed by atoms with Crippen LogP contribution in [0, 0.1) is 5.41 Å². The van der Waals surface area contributed by atoms with Crippen molar-refractivity contribution >= 4 is 28.7 Å². The van der Waals surface area contributed by atoms with Gasteiger partial charge in [0.2, 0.25) is 5.91 Å². The highest BCUT2D eigenvalue weighted by Crippen LogP contribution is 2.27. The number of carbonyl (C=O) groups excluding carboxylic acids is 2. The number of benzene rings is 3. The van der Waals surface area contributed by atoms with Crippen LogP contribution < -0.4 is 21.7 Å². The third kappa shape index (κ3) is 7.36. The van der Waals surface area contributed by atoms with Gasteiger partial charge in [0.25, 0.3) is 5.91 Å². The van der Waals surface area contributed by atoms with E-state index in [4.69, 9.17) is 11.1 Å². The zero-order valence-corrected chi connectivity index (χ0v) is 23.7. The van der Waals surface area contributed by atoms with E-state index in [1.165, 1.54) is 0 Å². The normalized spacial score (nSPS) is 17.3. The molecule has 1 fully saturated rings. The summed E-state index contributed by atoms with van der Waals surface area (Å²) in [5.41, 5.74) is 9.22. The van der Waals surface area contributed by atoms with Gasteiger partial charge < -0.3 is 31.6 Å². The van der Waals surface area contributed by atoms with Gasteiger partial charge in [0.15, 0.2) is 5.96 Å². The molecule has 7 N–H and O–H groups in total. The third-order valence-electron chi connectivity index (χ3n) is 7.87. The van der Waals surface area contributed by atoms with Crippen LogP contribution in [0.5, 0.6) is 0 Å². The summed E-state index contributed by atoms with van der Waals surface area (Å²) in [6, 6.07) is 29.8. The molecule has 218 valence electrons. The van der Waals surface area contributed by atoms with Gasteiger partial charge in [-0.15, -0.1) is 0 Å². The van der Waals surface area contributed by atoms with E-state index in [9.17, 15) is 9.59 Å². The monoisotopic (exact) mass is 565 g/mol. The number of nitrogens with one attached hydrogen (secondary N) is 5. The van der Waals surface area contributed by atoms with Crippen molar-refractivity contribution in [2.75, 3.05) is 26.2 Å². The van der Waals surface area contributed by atoms with Crippen LogP contribution in [0.2, 0.25) is 0 Å². The molecule has 3 aromatic carbocycles. The largest absolute Gasteiger partial charge is 0.370 e. The predicted octanol–water partition coefficient (Wildman–Crippen LogP) is 3.55. The first-order valence-electron chi connectivity index (χ1n) is 14.6. The fraction of sp³-hybridized carbons (Fsp3) is 0.303. The number of hydrogen-bond acceptors (Lipinski definition) is 4. The molecule has 2 amide bonds. The Labute approximate surface area is 246 Å². The smallest absolute Gasteiger partial charge is 0.267 e. The predicted molar refractivity (Wildman–Crippen MR) is 166 cm³/mol. The second-order valence-corrected chi connectivity index (χ2v) is 10.8. The molecule has 1 aromatic heterocycles. The highest BCUT2D eigenvalue weighted by atomic mass is 16.2. The van der Waals surface area contributed by atoms with Gasteiger partial charge in [0, 0.05) is 49.0 Å². The minimum Gasteiger partial charge on any atom is -0.370 e. The average molecular weight is 566 g/mol. The topological polar surface area (TPSA) is 139 Å². The third-order valence-corrected chi connectivity index (χ3v) is 7.87. The number of fused-ring (bicyclic) bond motifs is 1. The molecule has 1 saturated heterocycles. The van der Waals surface area contributed by atoms with Crippen LogP contribution in [0.25, 0.3) is 10.9 Å². The summed E-state index contributed by atoms with van der Waals surface area (Å²) < 4.78 is 0. The van der Waals surface area contributed by atoms with Crippen LogP contribution in [0.4, 0.5) is 0 Å². The molecule has 0 radical (unpaired) electrons. The number of amides is 2. The lowest BCUT2D eigenvalue weighted by Crippen LogP contribution is -2.49. The van der Waals surface area contributed by atoms with Crippen molar-refractivity contribution in [3.05, 3.63) is 108 Å². The molecule has 9 heteroatoms. The average Bonchev–Trinajstić information content (AvgIpc) is 3.39. The van der Waals surface area contributed by atoms with Crippen molar-refractivity contribution in [3.8, 4) is 0 Å². The maximum absolute atomic E-state index is 14.0. The number of hydrogen-bond donors (Lipinski definition) is 6. The molecule has 1 aliphatic rings. The highest BCUT2D eigenvalue weighted by molar-refractivity contribution is 5.98. The van der Waals surface area contributed by atoms with Gasteiger partial charge in [-0.05, 0) is 42.5 Å². The van der Waals surface area contributed by atoms with Gasteiger partial charge >= 0.3 is 0 Å². The van der Waals surface area contributed by atoms with E-state index in [1.807, 2.05) is 71.6 Å². The Balaban J connectivity index is 1.30. The lowest BCUT2D eigenvalue weighted by atomic mass is 9.90. The Morgan fingerprint density at radius 2 is 1.64 bits per heavy atom. The minimum absolute atomic E-state index is 0.0367. The van der Waals surface area contributed by atoms with E-state index in [2.05, 4.69) is 45.2 Å². The highest BCUT2D eigenvalue weighted by Gasteiger charge is 2.32. The van der Waals surface area contributed by atoms with Crippen molar-refractivity contribution in [2.45, 2.75) is 37.3 Å². The van der Waals surface area contributed by atoms with Gasteiger partial charge in [-0.25, -0.2) is 0 Å². The molecule has 1 aliphatic heterocycles. The summed E-state index contributed by atoms with van der Waals surface area (Å²) >= 11 is 0. The lowest BCUT2D eigenvalue weighted by Gasteiger charge is -2.29. The quantitative estimate of drug-likeness (QED) is 0.0938. The van der Waals surface area contributed by atoms with Gasteiger partial charge in [-0.1, -0.05) is 78.9 Å². The Morgan fingerprint density at radius 3 is 2.31 bits per heavy atom. The van der Waals surface area contributed by atoms with Crippen molar-refractivity contribution < 1.29 is 9.59 Å². The van der Waals surface area contributed by atoms with E-state index >= 15 is 0 Å². The summed E-state index contributed by atoms with van der Waals surface area (Å²) in [6.07, 6.45) is 1.96. The van der Waals surface area contributed by atoms with Crippen molar-refractivity contribution in [2.24, 2.45) is 5.73 Å². The number of aromatic amines is 1. The second-order valence-electron chi connectivity index (χ2n) is 10.8. The first-order valence-corrected chi connectivity index (χ1v) is 14.6. The number of nitrogens with zero attached hydrogens (tertiary/aromatic N) is 1. The molecule has 5 rings (SSSR count). The summed E-state index contributed by atoms with van der Waals surface area (Å²) in [5, 5.41) is 17.9. The summed E-state index contributed by atoms with van der Waals surface area (Å²) in [4.78, 5) is 32.1. The fourth-order valence-corrected chi connectivity index (χ4v) is 5.66. The molecule has 0 bridgehead atoms. The molecular weight excluding hydrogens is 526 g/mol. The van der Waals surface area contributed by atoms with Crippen LogP contribution in [0.3, 0.4) is 0 Å². The summed E-state index contributed by atoms with van der Waals surface area (Å²) in [5.74, 6) is -0.160. The van der Waals surface area contributed by atoms with E-state index in [0.717, 1.165) is 22.0 Å². The van der Waals surface area contributed by atoms with Crippen LogP contribution in [-0.4, -0.2) is 65.9 Å². The lowest BCUT2D eigenvalue weighted by molar-refractivity contribution is -0.133. The molecule has 0 saturated carbocycles. The van der Waals surface area contributed by atoms with Crippen molar-refractivity contribution in [3.63, 3.8) is 0 Å². The van der Waals surface area contributed by atoms with Crippen LogP contribution >= 0.6 is 0 Å². The Kier molecular flexibility index (Phi) is 9.51. The molecule has 42 heavy (non-hydrogen) atoms. The number of nitrogens with two attached hydrogens (primary N) is 1. The number of para-hydroxylation sites is 1. The Morgan fingerprint density at radius 1 is 0.976 bits per heavy atom. The maximum Gasteiger partial charge on any atom is 0.267 e. The van der Waals surface area contributed by atoms with Gasteiger partial charge in [0.05, 0.1) is 6.04 Å². The molecule has 0 spiro atoms. The van der Waals surface area contributed by atoms with Gasteiger partial charge in [-0.3, -0.25) is 15.0 Å². The Bertz CT molecular complexity index is 1420. The van der Waals surface area contributed by atoms with Crippen molar-refractivity contribution in [1.82, 2.24) is 25.8 Å². The van der Waals surface area contributed by atoms with E-state index in [1.54, 1.807) is 0 Å². The van der Waals surface area contributed by atoms with E-state index < -0.39 is 6.04 Å². The molecule has 4 aromatic rings. The molecule has 0 aliphatic carbocycles. The van der Waals surface area contributed by atoms with Gasteiger partial charge in [0.1, 0.15) is 5.69 Å². The zero-order valence-electron chi connectivity index (χ0n) is 23.7. The number of aromatic nitrogens is 1. The number of rotatable bonds is 11. The first-order chi connectivity index (χ1) is 20.5. The van der Waals surface area contributed by atoms with E-state index in [0.29, 0.717) is 51.1 Å². The molecule has 2 atom stereocenters. The summed E-state index contributed by atoms with van der Waals surface area (Å²) in [6.45, 7) is 2.06. The molecule has 0 unspecified atom stereocenters. The SMILES string of the molecule is N=C(N)NCCC[C@@H]1N[C@H](CNC(=O)c2cc3ccccc3[nH]2)CCN(CC(c2ccccc2)c2ccccc2)C1=O. The summed E-state index contributed by atoms with van der Waals surface area (Å²) in [7, 11) is 0. The maximum atomic E-state index is 14.0. The number of H-pyrrole nitrogens is 1.